The number of hydrogen-bond donors (Lipinski definition) is 1. The van der Waals surface area contributed by atoms with E-state index < -0.39 is 11.4 Å². The van der Waals surface area contributed by atoms with Crippen molar-refractivity contribution < 1.29 is 14.7 Å². The average Bonchev–Trinajstić information content (AvgIpc) is 2.84. The van der Waals surface area contributed by atoms with Gasteiger partial charge >= 0.3 is 5.97 Å². The second-order valence-electron chi connectivity index (χ2n) is 5.60. The predicted molar refractivity (Wildman–Crippen MR) is 79.6 cm³/mol. The number of carboxylic acid groups (broad SMARTS) is 1. The molecular weight excluding hydrogens is 322 g/mol. The molecule has 0 bridgehead atoms. The topological polar surface area (TPSA) is 57.6 Å². The van der Waals surface area contributed by atoms with E-state index in [2.05, 4.69) is 15.9 Å². The highest BCUT2D eigenvalue weighted by atomic mass is 79.9. The molecule has 0 spiro atoms. The van der Waals surface area contributed by atoms with Crippen LogP contribution in [0, 0.1) is 11.3 Å². The van der Waals surface area contributed by atoms with Crippen molar-refractivity contribution >= 4 is 27.8 Å². The summed E-state index contributed by atoms with van der Waals surface area (Å²) in [7, 11) is 0. The molecule has 0 aromatic heterocycles. The summed E-state index contributed by atoms with van der Waals surface area (Å²) in [4.78, 5) is 25.7. The molecule has 1 atom stereocenters. The minimum atomic E-state index is -0.818. The molecule has 1 aromatic carbocycles. The van der Waals surface area contributed by atoms with Gasteiger partial charge in [-0.2, -0.15) is 0 Å². The third kappa shape index (κ3) is 2.59. The van der Waals surface area contributed by atoms with Crippen molar-refractivity contribution in [3.05, 3.63) is 34.3 Å². The molecule has 1 aliphatic heterocycles. The average molecular weight is 340 g/mol. The lowest BCUT2D eigenvalue weighted by Crippen LogP contribution is -2.40. The van der Waals surface area contributed by atoms with Crippen molar-refractivity contribution in [1.29, 1.82) is 0 Å². The molecule has 2 rings (SSSR count). The van der Waals surface area contributed by atoms with E-state index in [9.17, 15) is 14.7 Å². The number of likely N-dealkylation sites (tertiary alicyclic amines) is 1. The Morgan fingerprint density at radius 2 is 2.10 bits per heavy atom. The molecule has 20 heavy (non-hydrogen) atoms. The fraction of sp³-hybridized carbons (Fsp3) is 0.467. The van der Waals surface area contributed by atoms with Gasteiger partial charge in [-0.25, -0.2) is 0 Å². The van der Waals surface area contributed by atoms with E-state index in [1.807, 2.05) is 19.9 Å². The third-order valence-electron chi connectivity index (χ3n) is 4.19. The maximum absolute atomic E-state index is 12.4. The number of carbonyl (C=O) groups excluding carboxylic acids is 1. The number of hydrogen-bond acceptors (Lipinski definition) is 2. The summed E-state index contributed by atoms with van der Waals surface area (Å²) in [6, 6.07) is 7.18. The monoisotopic (exact) mass is 339 g/mol. The molecule has 1 aromatic rings. The van der Waals surface area contributed by atoms with Crippen LogP contribution in [0.3, 0.4) is 0 Å². The quantitative estimate of drug-likeness (QED) is 0.920. The lowest BCUT2D eigenvalue weighted by atomic mass is 9.76. The van der Waals surface area contributed by atoms with E-state index in [1.165, 1.54) is 0 Å². The fourth-order valence-electron chi connectivity index (χ4n) is 2.70. The number of halogens is 1. The van der Waals surface area contributed by atoms with Gasteiger partial charge in [-0.15, -0.1) is 0 Å². The molecule has 4 nitrogen and oxygen atoms in total. The van der Waals surface area contributed by atoms with E-state index in [0.717, 1.165) is 4.47 Å². The number of rotatable bonds is 3. The number of carbonyl (C=O) groups is 2. The van der Waals surface area contributed by atoms with Crippen LogP contribution in [0.25, 0.3) is 0 Å². The van der Waals surface area contributed by atoms with Crippen molar-refractivity contribution in [2.75, 3.05) is 13.1 Å². The Balaban J connectivity index is 2.21. The summed E-state index contributed by atoms with van der Waals surface area (Å²) < 4.78 is 0.843. The van der Waals surface area contributed by atoms with Crippen LogP contribution in [0.2, 0.25) is 0 Å². The molecule has 1 fully saturated rings. The molecule has 0 aliphatic carbocycles. The Morgan fingerprint density at radius 1 is 1.40 bits per heavy atom. The number of amides is 1. The lowest BCUT2D eigenvalue weighted by molar-refractivity contribution is -0.150. The first-order chi connectivity index (χ1) is 9.36. The summed E-state index contributed by atoms with van der Waals surface area (Å²) in [6.07, 6.45) is 0.514. The Kier molecular flexibility index (Phi) is 4.18. The van der Waals surface area contributed by atoms with Crippen molar-refractivity contribution in [2.24, 2.45) is 11.3 Å². The van der Waals surface area contributed by atoms with Gasteiger partial charge in [0.1, 0.15) is 0 Å². The minimum absolute atomic E-state index is 0.000287. The van der Waals surface area contributed by atoms with Crippen molar-refractivity contribution in [3.8, 4) is 0 Å². The van der Waals surface area contributed by atoms with Gasteiger partial charge in [-0.05, 0) is 30.5 Å². The SMILES string of the molecule is CC(C)C1(C(=O)O)CCN(C(=O)c2cccc(Br)c2)C1. The number of benzene rings is 1. The maximum atomic E-state index is 12.4. The van der Waals surface area contributed by atoms with Gasteiger partial charge < -0.3 is 10.0 Å². The van der Waals surface area contributed by atoms with Gasteiger partial charge in [0.15, 0.2) is 0 Å². The summed E-state index contributed by atoms with van der Waals surface area (Å²) in [5, 5.41) is 9.50. The largest absolute Gasteiger partial charge is 0.481 e. The first-order valence-corrected chi connectivity index (χ1v) is 7.44. The smallest absolute Gasteiger partial charge is 0.311 e. The highest BCUT2D eigenvalue weighted by molar-refractivity contribution is 9.10. The van der Waals surface area contributed by atoms with Crippen molar-refractivity contribution in [2.45, 2.75) is 20.3 Å². The molecule has 1 saturated heterocycles. The van der Waals surface area contributed by atoms with Gasteiger partial charge in [0.05, 0.1) is 5.41 Å². The summed E-state index contributed by atoms with van der Waals surface area (Å²) in [5.41, 5.74) is -0.230. The van der Waals surface area contributed by atoms with E-state index >= 15 is 0 Å². The van der Waals surface area contributed by atoms with Gasteiger partial charge in [0.2, 0.25) is 0 Å². The second-order valence-corrected chi connectivity index (χ2v) is 6.52. The second kappa shape index (κ2) is 5.56. The molecule has 1 amide bonds. The van der Waals surface area contributed by atoms with Gasteiger partial charge in [-0.1, -0.05) is 35.8 Å². The molecule has 1 heterocycles. The van der Waals surface area contributed by atoms with Crippen LogP contribution in [-0.2, 0) is 4.79 Å². The maximum Gasteiger partial charge on any atom is 0.311 e. The number of aliphatic carboxylic acids is 1. The molecule has 0 saturated carbocycles. The molecule has 108 valence electrons. The molecule has 0 radical (unpaired) electrons. The van der Waals surface area contributed by atoms with Crippen molar-refractivity contribution in [1.82, 2.24) is 4.90 Å². The van der Waals surface area contributed by atoms with Crippen LogP contribution in [-0.4, -0.2) is 35.0 Å². The summed E-state index contributed by atoms with van der Waals surface area (Å²) >= 11 is 3.34. The van der Waals surface area contributed by atoms with E-state index in [-0.39, 0.29) is 18.4 Å². The Hall–Kier alpha value is -1.36. The Bertz CT molecular complexity index is 544. The molecular formula is C15H18BrNO3. The van der Waals surface area contributed by atoms with Crippen LogP contribution >= 0.6 is 15.9 Å². The van der Waals surface area contributed by atoms with Crippen LogP contribution in [0.15, 0.2) is 28.7 Å². The van der Waals surface area contributed by atoms with Gasteiger partial charge in [-0.3, -0.25) is 9.59 Å². The number of carboxylic acids is 1. The first-order valence-electron chi connectivity index (χ1n) is 6.65. The van der Waals surface area contributed by atoms with Crippen molar-refractivity contribution in [3.63, 3.8) is 0 Å². The fourth-order valence-corrected chi connectivity index (χ4v) is 3.10. The zero-order valence-electron chi connectivity index (χ0n) is 11.6. The van der Waals surface area contributed by atoms with E-state index in [4.69, 9.17) is 0 Å². The highest BCUT2D eigenvalue weighted by Crippen LogP contribution is 2.38. The highest BCUT2D eigenvalue weighted by Gasteiger charge is 2.48. The van der Waals surface area contributed by atoms with Gasteiger partial charge in [0.25, 0.3) is 5.91 Å². The zero-order chi connectivity index (χ0) is 14.9. The van der Waals surface area contributed by atoms with Crippen LogP contribution in [0.5, 0.6) is 0 Å². The Morgan fingerprint density at radius 3 is 2.60 bits per heavy atom. The summed E-state index contributed by atoms with van der Waals surface area (Å²) in [6.45, 7) is 4.59. The van der Waals surface area contributed by atoms with Gasteiger partial charge in [0, 0.05) is 23.1 Å². The Labute approximate surface area is 126 Å². The normalized spacial score (nSPS) is 22.3. The van der Waals surface area contributed by atoms with E-state index in [0.29, 0.717) is 18.5 Å². The van der Waals surface area contributed by atoms with Crippen LogP contribution in [0.1, 0.15) is 30.6 Å². The summed E-state index contributed by atoms with van der Waals surface area (Å²) in [5.74, 6) is -0.910. The van der Waals surface area contributed by atoms with Crippen LogP contribution < -0.4 is 0 Å². The molecule has 1 aliphatic rings. The predicted octanol–water partition coefficient (Wildman–Crippen LogP) is 3.02. The lowest BCUT2D eigenvalue weighted by Gasteiger charge is -2.28. The van der Waals surface area contributed by atoms with E-state index in [1.54, 1.807) is 23.1 Å². The number of nitrogens with zero attached hydrogens (tertiary/aromatic N) is 1. The third-order valence-corrected chi connectivity index (χ3v) is 4.68. The molecule has 5 heteroatoms. The molecule has 1 unspecified atom stereocenters. The first kappa shape index (κ1) is 15.0. The van der Waals surface area contributed by atoms with Crippen LogP contribution in [0.4, 0.5) is 0 Å². The standard InChI is InChI=1S/C15H18BrNO3/c1-10(2)15(14(19)20)6-7-17(9-15)13(18)11-4-3-5-12(16)8-11/h3-5,8,10H,6-7,9H2,1-2H3,(H,19,20). The minimum Gasteiger partial charge on any atom is -0.481 e. The zero-order valence-corrected chi connectivity index (χ0v) is 13.2. The molecule has 1 N–H and O–H groups in total.